The van der Waals surface area contributed by atoms with Crippen molar-refractivity contribution < 1.29 is 46.1 Å². The van der Waals surface area contributed by atoms with Crippen LogP contribution in [0, 0.1) is 37.6 Å². The van der Waals surface area contributed by atoms with Crippen molar-refractivity contribution in [3.8, 4) is 22.9 Å². The van der Waals surface area contributed by atoms with E-state index in [2.05, 4.69) is 19.9 Å². The predicted molar refractivity (Wildman–Crippen MR) is 226 cm³/mol. The molecule has 8 rings (SSSR count). The van der Waals surface area contributed by atoms with Crippen LogP contribution < -0.4 is 9.47 Å². The number of halogens is 4. The van der Waals surface area contributed by atoms with Gasteiger partial charge in [-0.2, -0.15) is 27.5 Å². The Morgan fingerprint density at radius 2 is 1.03 bits per heavy atom. The molecule has 332 valence electrons. The van der Waals surface area contributed by atoms with Crippen molar-refractivity contribution in [1.82, 2.24) is 38.9 Å². The summed E-state index contributed by atoms with van der Waals surface area (Å²) < 4.78 is 80.5. The molecule has 0 saturated carbocycles. The van der Waals surface area contributed by atoms with Crippen LogP contribution in [0.3, 0.4) is 0 Å². The number of hydrogen-bond donors (Lipinski definition) is 0. The molecule has 6 aromatic rings. The van der Waals surface area contributed by atoms with Crippen molar-refractivity contribution in [1.29, 1.82) is 0 Å². The number of morpholine rings is 2. The number of aryl methyl sites for hydroxylation is 2. The van der Waals surface area contributed by atoms with Gasteiger partial charge >= 0.3 is 0 Å². The number of hydrogen-bond acceptors (Lipinski definition) is 10. The number of carbonyl (C=O) groups excluding carboxylic acids is 2. The first-order valence-corrected chi connectivity index (χ1v) is 20.1. The minimum atomic E-state index is -0.933. The number of methoxy groups -OCH3 is 2. The maximum absolute atomic E-state index is 14.1. The second-order valence-electron chi connectivity index (χ2n) is 14.8. The highest BCUT2D eigenvalue weighted by atomic mass is 19.1. The molecule has 2 aromatic carbocycles. The molecule has 18 heteroatoms. The Morgan fingerprint density at radius 3 is 1.38 bits per heavy atom. The minimum Gasteiger partial charge on any atom is -0.495 e. The van der Waals surface area contributed by atoms with Gasteiger partial charge in [0, 0.05) is 23.5 Å². The summed E-state index contributed by atoms with van der Waals surface area (Å²) in [5.74, 6) is -2.99. The summed E-state index contributed by atoms with van der Waals surface area (Å²) in [6.45, 7) is 8.19. The maximum Gasteiger partial charge on any atom is 0.289 e. The molecule has 4 aromatic heterocycles. The van der Waals surface area contributed by atoms with Gasteiger partial charge in [-0.15, -0.1) is 0 Å². The molecule has 0 spiro atoms. The van der Waals surface area contributed by atoms with Crippen molar-refractivity contribution in [3.05, 3.63) is 155 Å². The zero-order valence-electron chi connectivity index (χ0n) is 35.8. The van der Waals surface area contributed by atoms with Gasteiger partial charge in [0.25, 0.3) is 11.8 Å². The third-order valence-electron chi connectivity index (χ3n) is 10.6. The first-order chi connectivity index (χ1) is 30.7. The van der Waals surface area contributed by atoms with Crippen LogP contribution in [0.1, 0.15) is 59.6 Å². The van der Waals surface area contributed by atoms with E-state index in [4.69, 9.17) is 18.9 Å². The number of ether oxygens (including phenoxy) is 4. The van der Waals surface area contributed by atoms with Gasteiger partial charge < -0.3 is 37.9 Å². The van der Waals surface area contributed by atoms with Crippen LogP contribution >= 0.6 is 0 Å². The van der Waals surface area contributed by atoms with Gasteiger partial charge in [0.05, 0.1) is 74.8 Å². The molecule has 6 heterocycles. The highest BCUT2D eigenvalue weighted by Gasteiger charge is 2.32. The van der Waals surface area contributed by atoms with Crippen molar-refractivity contribution in [2.75, 3.05) is 40.5 Å². The normalized spacial score (nSPS) is 16.2. The van der Waals surface area contributed by atoms with Crippen molar-refractivity contribution in [2.24, 2.45) is 0 Å². The highest BCUT2D eigenvalue weighted by molar-refractivity contribution is 5.97. The van der Waals surface area contributed by atoms with Crippen molar-refractivity contribution in [2.45, 2.75) is 39.8 Å². The third kappa shape index (κ3) is 9.75. The summed E-state index contributed by atoms with van der Waals surface area (Å²) in [7, 11) is 3.13. The largest absolute Gasteiger partial charge is 0.495 e. The van der Waals surface area contributed by atoms with Gasteiger partial charge in [0.15, 0.2) is 11.5 Å². The second kappa shape index (κ2) is 19.3. The number of nitrogens with zero attached hydrogens (tertiary/aromatic N) is 8. The molecule has 0 unspecified atom stereocenters. The lowest BCUT2D eigenvalue weighted by atomic mass is 10.1. The fraction of sp³-hybridized carbons (Fsp3) is 0.261. The first-order valence-electron chi connectivity index (χ1n) is 20.1. The van der Waals surface area contributed by atoms with Gasteiger partial charge in [-0.1, -0.05) is 12.1 Å². The number of aromatic nitrogens is 6. The summed E-state index contributed by atoms with van der Waals surface area (Å²) in [6, 6.07) is 14.5. The highest BCUT2D eigenvalue weighted by Crippen LogP contribution is 2.31. The van der Waals surface area contributed by atoms with E-state index >= 15 is 0 Å². The number of amides is 2. The van der Waals surface area contributed by atoms with Gasteiger partial charge in [-0.25, -0.2) is 9.97 Å². The second-order valence-corrected chi connectivity index (χ2v) is 14.8. The summed E-state index contributed by atoms with van der Waals surface area (Å²) in [6.07, 6.45) is 10.4. The number of benzene rings is 2. The third-order valence-corrected chi connectivity index (χ3v) is 10.6. The molecule has 14 nitrogen and oxygen atoms in total. The molecular weight excluding hydrogens is 837 g/mol. The molecule has 0 N–H and O–H groups in total. The Bertz CT molecular complexity index is 2570. The van der Waals surface area contributed by atoms with Crippen LogP contribution in [0.25, 0.3) is 23.5 Å². The molecule has 2 atom stereocenters. The zero-order valence-corrected chi connectivity index (χ0v) is 35.8. The molecule has 2 amide bonds. The van der Waals surface area contributed by atoms with E-state index in [1.165, 1.54) is 21.9 Å². The van der Waals surface area contributed by atoms with Crippen LogP contribution in [0.2, 0.25) is 0 Å². The number of pyridine rings is 2. The molecule has 0 aliphatic carbocycles. The summed E-state index contributed by atoms with van der Waals surface area (Å²) in [4.78, 5) is 43.9. The van der Waals surface area contributed by atoms with Crippen molar-refractivity contribution in [3.63, 3.8) is 0 Å². The lowest BCUT2D eigenvalue weighted by Crippen LogP contribution is -2.42. The van der Waals surface area contributed by atoms with Gasteiger partial charge in [0.2, 0.25) is 23.8 Å². The molecule has 0 bridgehead atoms. The fourth-order valence-corrected chi connectivity index (χ4v) is 7.27. The maximum atomic E-state index is 14.1. The van der Waals surface area contributed by atoms with Crippen molar-refractivity contribution >= 4 is 24.0 Å². The number of rotatable bonds is 10. The lowest BCUT2D eigenvalue weighted by molar-refractivity contribution is -0.138. The van der Waals surface area contributed by atoms with E-state index in [0.717, 1.165) is 34.9 Å². The Morgan fingerprint density at radius 1 is 0.625 bits per heavy atom. The van der Waals surface area contributed by atoms with Crippen LogP contribution in [0.4, 0.5) is 17.6 Å². The SMILES string of the molecule is COc1cc(/C=C2\OCCN([C@@H](C)c3ccc(F)nc3F)C2=O)ccc1-n1cnc(C)c1.COc1cc(/C=C2\OCCN([C@H](C)c3ccc(F)nc3F)C2=O)ccc1-n1cnc(C)c1. The van der Waals surface area contributed by atoms with E-state index in [1.807, 2.05) is 59.6 Å². The summed E-state index contributed by atoms with van der Waals surface area (Å²) in [5.41, 5.74) is 5.05. The van der Waals surface area contributed by atoms with Gasteiger partial charge in [0.1, 0.15) is 24.7 Å². The molecule has 2 fully saturated rings. The summed E-state index contributed by atoms with van der Waals surface area (Å²) >= 11 is 0. The molecule has 64 heavy (non-hydrogen) atoms. The molecule has 2 saturated heterocycles. The van der Waals surface area contributed by atoms with E-state index in [9.17, 15) is 27.2 Å². The fourth-order valence-electron chi connectivity index (χ4n) is 7.27. The average Bonchev–Trinajstić information content (AvgIpc) is 3.92. The predicted octanol–water partition coefficient (Wildman–Crippen LogP) is 7.65. The Hall–Kier alpha value is -7.50. The van der Waals surface area contributed by atoms with Gasteiger partial charge in [-0.3, -0.25) is 9.59 Å². The Kier molecular flexibility index (Phi) is 13.4. The van der Waals surface area contributed by atoms with E-state index < -0.39 is 35.9 Å². The minimum absolute atomic E-state index is 0.131. The number of carbonyl (C=O) groups is 2. The Labute approximate surface area is 366 Å². The summed E-state index contributed by atoms with van der Waals surface area (Å²) in [5, 5.41) is 0. The molecular formula is C46H44F4N8O6. The zero-order chi connectivity index (χ0) is 45.7. The van der Waals surface area contributed by atoms with Crippen LogP contribution in [-0.2, 0) is 19.1 Å². The van der Waals surface area contributed by atoms with E-state index in [-0.39, 0.29) is 60.8 Å². The van der Waals surface area contributed by atoms with E-state index in [0.29, 0.717) is 22.6 Å². The van der Waals surface area contributed by atoms with E-state index in [1.54, 1.807) is 65.0 Å². The van der Waals surface area contributed by atoms with Crippen LogP contribution in [-0.4, -0.2) is 91.2 Å². The topological polar surface area (TPSA) is 139 Å². The van der Waals surface area contributed by atoms with Gasteiger partial charge in [-0.05, 0) is 99.5 Å². The number of imidazole rings is 2. The quantitative estimate of drug-likeness (QED) is 0.0767. The molecule has 0 radical (unpaired) electrons. The molecule has 2 aliphatic rings. The monoisotopic (exact) mass is 880 g/mol. The smallest absolute Gasteiger partial charge is 0.289 e. The molecule has 2 aliphatic heterocycles. The first kappa shape index (κ1) is 44.6. The van der Waals surface area contributed by atoms with Crippen LogP contribution in [0.5, 0.6) is 11.5 Å². The average molecular weight is 881 g/mol. The van der Waals surface area contributed by atoms with Crippen LogP contribution in [0.15, 0.2) is 97.2 Å². The standard InChI is InChI=1S/2C23H22F2N4O3/c2*1-14-12-28(13-26-14)18-6-4-16(10-19(18)31-3)11-20-23(30)29(8-9-32-20)15(2)17-5-7-21(24)27-22(17)25/h2*4-7,10-13,15H,8-9H2,1-3H3/b2*20-11-/t2*15-/m10/s1. The lowest BCUT2D eigenvalue weighted by Gasteiger charge is -2.33. The Balaban J connectivity index is 0.000000191.